The maximum atomic E-state index is 13.1. The first-order chi connectivity index (χ1) is 12.2. The van der Waals surface area contributed by atoms with Crippen LogP contribution in [0.3, 0.4) is 0 Å². The van der Waals surface area contributed by atoms with Gasteiger partial charge in [0.1, 0.15) is 5.75 Å². The average Bonchev–Trinajstić information content (AvgIpc) is 2.96. The Hall–Kier alpha value is -2.49. The fourth-order valence-electron chi connectivity index (χ4n) is 4.06. The number of aryl methyl sites for hydroxylation is 1. The van der Waals surface area contributed by atoms with Gasteiger partial charge in [-0.25, -0.2) is 0 Å². The summed E-state index contributed by atoms with van der Waals surface area (Å²) in [6.07, 6.45) is 3.01. The Kier molecular flexibility index (Phi) is 4.12. The molecule has 0 bridgehead atoms. The van der Waals surface area contributed by atoms with Crippen LogP contribution < -0.4 is 14.5 Å². The van der Waals surface area contributed by atoms with E-state index in [9.17, 15) is 4.79 Å². The van der Waals surface area contributed by atoms with Crippen molar-refractivity contribution in [2.45, 2.75) is 32.2 Å². The Morgan fingerprint density at radius 2 is 2.00 bits per heavy atom. The topological polar surface area (TPSA) is 32.8 Å². The summed E-state index contributed by atoms with van der Waals surface area (Å²) < 4.78 is 5.33. The lowest BCUT2D eigenvalue weighted by molar-refractivity contribution is -0.117. The van der Waals surface area contributed by atoms with Crippen LogP contribution in [0.4, 0.5) is 11.4 Å². The molecule has 0 aliphatic carbocycles. The van der Waals surface area contributed by atoms with Crippen LogP contribution in [0, 0.1) is 0 Å². The molecular formula is C21H24N2O2. The summed E-state index contributed by atoms with van der Waals surface area (Å²) in [5, 5.41) is 0. The van der Waals surface area contributed by atoms with E-state index in [0.717, 1.165) is 37.2 Å². The minimum atomic E-state index is 0.176. The summed E-state index contributed by atoms with van der Waals surface area (Å²) >= 11 is 0. The second-order valence-corrected chi connectivity index (χ2v) is 6.95. The molecule has 0 saturated heterocycles. The monoisotopic (exact) mass is 336 g/mol. The molecule has 1 amide bonds. The highest BCUT2D eigenvalue weighted by Crippen LogP contribution is 2.33. The molecule has 130 valence electrons. The summed E-state index contributed by atoms with van der Waals surface area (Å²) in [5.74, 6) is 1.03. The van der Waals surface area contributed by atoms with Gasteiger partial charge in [0, 0.05) is 24.0 Å². The highest BCUT2D eigenvalue weighted by Gasteiger charge is 2.30. The van der Waals surface area contributed by atoms with Crippen molar-refractivity contribution in [2.75, 3.05) is 30.0 Å². The average molecular weight is 336 g/mol. The maximum Gasteiger partial charge on any atom is 0.246 e. The molecule has 0 saturated carbocycles. The Bertz CT molecular complexity index is 802. The van der Waals surface area contributed by atoms with Crippen molar-refractivity contribution < 1.29 is 9.53 Å². The number of ether oxygens (including phenoxy) is 1. The maximum absolute atomic E-state index is 13.1. The highest BCUT2D eigenvalue weighted by atomic mass is 16.5. The lowest BCUT2D eigenvalue weighted by Gasteiger charge is -2.33. The van der Waals surface area contributed by atoms with E-state index in [0.29, 0.717) is 12.6 Å². The van der Waals surface area contributed by atoms with Gasteiger partial charge in [-0.15, -0.1) is 0 Å². The zero-order valence-corrected chi connectivity index (χ0v) is 14.9. The van der Waals surface area contributed by atoms with E-state index < -0.39 is 0 Å². The third-order valence-electron chi connectivity index (χ3n) is 5.36. The molecule has 1 unspecified atom stereocenters. The minimum Gasteiger partial charge on any atom is -0.497 e. The first-order valence-corrected chi connectivity index (χ1v) is 8.99. The van der Waals surface area contributed by atoms with Crippen molar-refractivity contribution in [3.63, 3.8) is 0 Å². The molecule has 0 radical (unpaired) electrons. The van der Waals surface area contributed by atoms with Gasteiger partial charge in [0.2, 0.25) is 5.91 Å². The Morgan fingerprint density at radius 1 is 1.16 bits per heavy atom. The largest absolute Gasteiger partial charge is 0.497 e. The van der Waals surface area contributed by atoms with E-state index in [1.807, 2.05) is 17.0 Å². The molecule has 0 N–H and O–H groups in total. The summed E-state index contributed by atoms with van der Waals surface area (Å²) in [7, 11) is 1.68. The van der Waals surface area contributed by atoms with Gasteiger partial charge in [-0.3, -0.25) is 4.79 Å². The van der Waals surface area contributed by atoms with Gasteiger partial charge in [-0.1, -0.05) is 18.2 Å². The standard InChI is InChI=1S/C21H24N2O2/c1-15-12-16-6-3-4-8-19(16)23(15)14-21(24)22-11-5-7-17-13-18(25-2)9-10-20(17)22/h3-4,6,8-10,13,15H,5,7,11-12,14H2,1-2H3. The van der Waals surface area contributed by atoms with Crippen LogP contribution in [0.2, 0.25) is 0 Å². The summed E-state index contributed by atoms with van der Waals surface area (Å²) in [6.45, 7) is 3.42. The van der Waals surface area contributed by atoms with E-state index in [4.69, 9.17) is 4.74 Å². The Morgan fingerprint density at radius 3 is 2.84 bits per heavy atom. The number of carbonyl (C=O) groups is 1. The normalized spacial score (nSPS) is 18.7. The number of hydrogen-bond donors (Lipinski definition) is 0. The second kappa shape index (κ2) is 6.43. The predicted octanol–water partition coefficient (Wildman–Crippen LogP) is 3.43. The van der Waals surface area contributed by atoms with Crippen molar-refractivity contribution in [2.24, 2.45) is 0 Å². The summed E-state index contributed by atoms with van der Waals surface area (Å²) in [5.41, 5.74) is 4.79. The minimum absolute atomic E-state index is 0.176. The number of amides is 1. The van der Waals surface area contributed by atoms with Gasteiger partial charge < -0.3 is 14.5 Å². The van der Waals surface area contributed by atoms with Crippen LogP contribution in [0.1, 0.15) is 24.5 Å². The van der Waals surface area contributed by atoms with Crippen molar-refractivity contribution in [1.29, 1.82) is 0 Å². The van der Waals surface area contributed by atoms with Gasteiger partial charge in [0.25, 0.3) is 0 Å². The van der Waals surface area contributed by atoms with Crippen molar-refractivity contribution in [3.8, 4) is 5.75 Å². The van der Waals surface area contributed by atoms with Crippen LogP contribution in [0.15, 0.2) is 42.5 Å². The molecule has 2 aromatic carbocycles. The lowest BCUT2D eigenvalue weighted by atomic mass is 10.0. The number of nitrogens with zero attached hydrogens (tertiary/aromatic N) is 2. The molecule has 0 aromatic heterocycles. The van der Waals surface area contributed by atoms with Crippen LogP contribution in [0.25, 0.3) is 0 Å². The summed E-state index contributed by atoms with van der Waals surface area (Å²) in [4.78, 5) is 17.3. The number of methoxy groups -OCH3 is 1. The Labute approximate surface area is 149 Å². The fraction of sp³-hybridized carbons (Fsp3) is 0.381. The molecule has 2 heterocycles. The van der Waals surface area contributed by atoms with E-state index >= 15 is 0 Å². The molecule has 25 heavy (non-hydrogen) atoms. The van der Waals surface area contributed by atoms with E-state index in [1.54, 1.807) is 7.11 Å². The quantitative estimate of drug-likeness (QED) is 0.861. The molecule has 1 atom stereocenters. The van der Waals surface area contributed by atoms with Gasteiger partial charge in [-0.05, 0) is 61.6 Å². The van der Waals surface area contributed by atoms with Crippen LogP contribution in [-0.4, -0.2) is 32.1 Å². The zero-order chi connectivity index (χ0) is 17.4. The van der Waals surface area contributed by atoms with Crippen molar-refractivity contribution in [1.82, 2.24) is 0 Å². The van der Waals surface area contributed by atoms with Crippen LogP contribution >= 0.6 is 0 Å². The fourth-order valence-corrected chi connectivity index (χ4v) is 4.06. The van der Waals surface area contributed by atoms with Crippen molar-refractivity contribution >= 4 is 17.3 Å². The number of fused-ring (bicyclic) bond motifs is 2. The number of para-hydroxylation sites is 1. The Balaban J connectivity index is 1.57. The third kappa shape index (κ3) is 2.86. The summed E-state index contributed by atoms with van der Waals surface area (Å²) in [6, 6.07) is 14.8. The van der Waals surface area contributed by atoms with E-state index in [-0.39, 0.29) is 5.91 Å². The van der Waals surface area contributed by atoms with Crippen LogP contribution in [0.5, 0.6) is 5.75 Å². The third-order valence-corrected chi connectivity index (χ3v) is 5.36. The molecule has 2 aliphatic rings. The number of rotatable bonds is 3. The highest BCUT2D eigenvalue weighted by molar-refractivity contribution is 5.98. The molecule has 0 spiro atoms. The number of anilines is 2. The molecule has 0 fully saturated rings. The van der Waals surface area contributed by atoms with E-state index in [2.05, 4.69) is 42.2 Å². The first kappa shape index (κ1) is 16.0. The first-order valence-electron chi connectivity index (χ1n) is 8.99. The van der Waals surface area contributed by atoms with Crippen LogP contribution in [-0.2, 0) is 17.6 Å². The molecule has 4 nitrogen and oxygen atoms in total. The molecule has 4 heteroatoms. The number of hydrogen-bond acceptors (Lipinski definition) is 3. The van der Waals surface area contributed by atoms with Gasteiger partial charge in [0.15, 0.2) is 0 Å². The molecule has 2 aliphatic heterocycles. The van der Waals surface area contributed by atoms with Gasteiger partial charge in [-0.2, -0.15) is 0 Å². The predicted molar refractivity (Wildman–Crippen MR) is 101 cm³/mol. The van der Waals surface area contributed by atoms with Gasteiger partial charge in [0.05, 0.1) is 13.7 Å². The molecular weight excluding hydrogens is 312 g/mol. The number of carbonyl (C=O) groups excluding carboxylic acids is 1. The SMILES string of the molecule is COc1ccc2c(c1)CCCN2C(=O)CN1c2ccccc2CC1C. The zero-order valence-electron chi connectivity index (χ0n) is 14.9. The van der Waals surface area contributed by atoms with Gasteiger partial charge >= 0.3 is 0 Å². The lowest BCUT2D eigenvalue weighted by Crippen LogP contribution is -2.44. The number of benzene rings is 2. The van der Waals surface area contributed by atoms with Crippen molar-refractivity contribution in [3.05, 3.63) is 53.6 Å². The molecule has 4 rings (SSSR count). The second-order valence-electron chi connectivity index (χ2n) is 6.95. The van der Waals surface area contributed by atoms with E-state index in [1.165, 1.54) is 16.8 Å². The smallest absolute Gasteiger partial charge is 0.246 e. The molecule has 2 aromatic rings.